The van der Waals surface area contributed by atoms with Crippen LogP contribution in [0.25, 0.3) is 21.3 Å². The SMILES string of the molecule is O=C(O)c1[nH]c2sc(Br)cc2c1-c1ccccc1C(F)(F)F. The van der Waals surface area contributed by atoms with Crippen LogP contribution in [0.1, 0.15) is 16.1 Å². The van der Waals surface area contributed by atoms with E-state index in [0.29, 0.717) is 14.0 Å². The monoisotopic (exact) mass is 389 g/mol. The van der Waals surface area contributed by atoms with Gasteiger partial charge >= 0.3 is 12.1 Å². The molecule has 0 atom stereocenters. The van der Waals surface area contributed by atoms with E-state index in [0.717, 1.165) is 6.07 Å². The van der Waals surface area contributed by atoms with Crippen LogP contribution in [-0.4, -0.2) is 16.1 Å². The van der Waals surface area contributed by atoms with Gasteiger partial charge in [0.25, 0.3) is 0 Å². The predicted molar refractivity (Wildman–Crippen MR) is 81.3 cm³/mol. The first-order chi connectivity index (χ1) is 10.3. The minimum atomic E-state index is -4.57. The van der Waals surface area contributed by atoms with Crippen molar-refractivity contribution in [1.29, 1.82) is 0 Å². The summed E-state index contributed by atoms with van der Waals surface area (Å²) in [5.41, 5.74) is -1.20. The van der Waals surface area contributed by atoms with Gasteiger partial charge in [0.1, 0.15) is 10.5 Å². The van der Waals surface area contributed by atoms with E-state index in [4.69, 9.17) is 0 Å². The maximum absolute atomic E-state index is 13.2. The Labute approximate surface area is 134 Å². The van der Waals surface area contributed by atoms with Crippen molar-refractivity contribution in [3.05, 3.63) is 45.4 Å². The molecule has 114 valence electrons. The van der Waals surface area contributed by atoms with E-state index >= 15 is 0 Å². The number of carboxylic acid groups (broad SMARTS) is 1. The summed E-state index contributed by atoms with van der Waals surface area (Å²) < 4.78 is 40.3. The predicted octanol–water partition coefficient (Wildman–Crippen LogP) is 5.38. The first kappa shape index (κ1) is 15.1. The van der Waals surface area contributed by atoms with Crippen LogP contribution in [0.4, 0.5) is 13.2 Å². The lowest BCUT2D eigenvalue weighted by Gasteiger charge is -2.12. The number of halogens is 4. The number of benzene rings is 1. The zero-order chi connectivity index (χ0) is 16.1. The van der Waals surface area contributed by atoms with Gasteiger partial charge in [-0.15, -0.1) is 11.3 Å². The lowest BCUT2D eigenvalue weighted by Crippen LogP contribution is -2.08. The number of aromatic amines is 1. The van der Waals surface area contributed by atoms with Crippen LogP contribution in [0, 0.1) is 0 Å². The Morgan fingerprint density at radius 3 is 2.59 bits per heavy atom. The van der Waals surface area contributed by atoms with Gasteiger partial charge in [0.15, 0.2) is 0 Å². The van der Waals surface area contributed by atoms with Gasteiger partial charge in [-0.05, 0) is 33.6 Å². The van der Waals surface area contributed by atoms with Crippen molar-refractivity contribution in [3.8, 4) is 11.1 Å². The molecule has 0 saturated carbocycles. The summed E-state index contributed by atoms with van der Waals surface area (Å²) in [7, 11) is 0. The largest absolute Gasteiger partial charge is 0.477 e. The van der Waals surface area contributed by atoms with Crippen molar-refractivity contribution in [2.24, 2.45) is 0 Å². The molecule has 0 radical (unpaired) electrons. The number of carboxylic acids is 1. The summed E-state index contributed by atoms with van der Waals surface area (Å²) in [6.45, 7) is 0. The fourth-order valence-corrected chi connectivity index (χ4v) is 3.85. The van der Waals surface area contributed by atoms with Gasteiger partial charge in [-0.3, -0.25) is 0 Å². The number of fused-ring (bicyclic) bond motifs is 1. The molecule has 3 nitrogen and oxygen atoms in total. The van der Waals surface area contributed by atoms with Crippen molar-refractivity contribution in [2.75, 3.05) is 0 Å². The number of carbonyl (C=O) groups is 1. The molecule has 0 spiro atoms. The van der Waals surface area contributed by atoms with E-state index in [1.807, 2.05) is 0 Å². The first-order valence-corrected chi connectivity index (χ1v) is 7.61. The second-order valence-corrected chi connectivity index (χ2v) is 6.95. The van der Waals surface area contributed by atoms with Gasteiger partial charge in [-0.25, -0.2) is 4.79 Å². The van der Waals surface area contributed by atoms with Crippen molar-refractivity contribution in [1.82, 2.24) is 4.98 Å². The highest BCUT2D eigenvalue weighted by Crippen LogP contribution is 2.43. The van der Waals surface area contributed by atoms with Crippen LogP contribution in [0.2, 0.25) is 0 Å². The number of nitrogens with one attached hydrogen (secondary N) is 1. The maximum Gasteiger partial charge on any atom is 0.417 e. The molecular weight excluding hydrogens is 383 g/mol. The Morgan fingerprint density at radius 2 is 1.95 bits per heavy atom. The standard InChI is InChI=1S/C14H7BrF3NO2S/c15-9-5-7-10(11(13(20)21)19-12(7)22-9)6-3-1-2-4-8(6)14(16,17)18/h1-5,19H,(H,20,21). The molecule has 22 heavy (non-hydrogen) atoms. The average molecular weight is 390 g/mol. The van der Waals surface area contributed by atoms with Crippen LogP contribution in [0.3, 0.4) is 0 Å². The maximum atomic E-state index is 13.2. The van der Waals surface area contributed by atoms with Crippen molar-refractivity contribution in [3.63, 3.8) is 0 Å². The third-order valence-corrected chi connectivity index (χ3v) is 4.73. The van der Waals surface area contributed by atoms with E-state index in [2.05, 4.69) is 20.9 Å². The van der Waals surface area contributed by atoms with Crippen LogP contribution in [-0.2, 0) is 6.18 Å². The topological polar surface area (TPSA) is 53.1 Å². The second-order valence-electron chi connectivity index (χ2n) is 4.52. The van der Waals surface area contributed by atoms with Gasteiger partial charge in [-0.1, -0.05) is 18.2 Å². The molecule has 0 bridgehead atoms. The Balaban J connectivity index is 2.39. The number of hydrogen-bond acceptors (Lipinski definition) is 2. The summed E-state index contributed by atoms with van der Waals surface area (Å²) in [5, 5.41) is 9.74. The van der Waals surface area contributed by atoms with Crippen molar-refractivity contribution in [2.45, 2.75) is 6.18 Å². The second kappa shape index (κ2) is 5.13. The van der Waals surface area contributed by atoms with E-state index in [9.17, 15) is 23.1 Å². The highest BCUT2D eigenvalue weighted by Gasteiger charge is 2.35. The fraction of sp³-hybridized carbons (Fsp3) is 0.0714. The molecule has 3 rings (SSSR count). The number of aromatic carboxylic acids is 1. The number of aromatic nitrogens is 1. The summed E-state index contributed by atoms with van der Waals surface area (Å²) in [4.78, 5) is 14.6. The Bertz CT molecular complexity index is 882. The minimum absolute atomic E-state index is 0.0531. The molecule has 1 aromatic carbocycles. The normalized spacial score (nSPS) is 12.0. The molecule has 8 heteroatoms. The highest BCUT2D eigenvalue weighted by atomic mass is 79.9. The first-order valence-electron chi connectivity index (χ1n) is 6.00. The van der Waals surface area contributed by atoms with Gasteiger partial charge in [0, 0.05) is 10.9 Å². The fourth-order valence-electron chi connectivity index (χ4n) is 2.34. The molecule has 2 heterocycles. The van der Waals surface area contributed by atoms with Crippen LogP contribution in [0.15, 0.2) is 34.1 Å². The summed E-state index contributed by atoms with van der Waals surface area (Å²) in [6, 6.07) is 6.58. The van der Waals surface area contributed by atoms with E-state index in [1.165, 1.54) is 29.5 Å². The smallest absolute Gasteiger partial charge is 0.417 e. The van der Waals surface area contributed by atoms with Gasteiger partial charge in [0.05, 0.1) is 9.35 Å². The van der Waals surface area contributed by atoms with E-state index in [1.54, 1.807) is 6.07 Å². The molecule has 0 aliphatic heterocycles. The molecule has 0 fully saturated rings. The number of alkyl halides is 3. The molecule has 0 saturated heterocycles. The molecule has 0 aliphatic rings. The molecular formula is C14H7BrF3NO2S. The molecule has 2 N–H and O–H groups in total. The lowest BCUT2D eigenvalue weighted by molar-refractivity contribution is -0.137. The van der Waals surface area contributed by atoms with E-state index in [-0.39, 0.29) is 16.8 Å². The third kappa shape index (κ3) is 2.42. The van der Waals surface area contributed by atoms with Crippen LogP contribution >= 0.6 is 27.3 Å². The number of thiophene rings is 1. The average Bonchev–Trinajstić information content (AvgIpc) is 2.93. The quantitative estimate of drug-likeness (QED) is 0.618. The third-order valence-electron chi connectivity index (χ3n) is 3.18. The molecule has 3 aromatic rings. The summed E-state index contributed by atoms with van der Waals surface area (Å²) in [5.74, 6) is -1.30. The van der Waals surface area contributed by atoms with Crippen LogP contribution in [0.5, 0.6) is 0 Å². The van der Waals surface area contributed by atoms with E-state index < -0.39 is 17.7 Å². The summed E-state index contributed by atoms with van der Waals surface area (Å²) in [6.07, 6.45) is -4.57. The molecule has 0 amide bonds. The molecule has 0 unspecified atom stereocenters. The van der Waals surface area contributed by atoms with Gasteiger partial charge in [-0.2, -0.15) is 13.2 Å². The summed E-state index contributed by atoms with van der Waals surface area (Å²) >= 11 is 4.49. The Hall–Kier alpha value is -1.80. The Kier molecular flexibility index (Phi) is 3.53. The lowest BCUT2D eigenvalue weighted by atomic mass is 9.97. The number of H-pyrrole nitrogens is 1. The highest BCUT2D eigenvalue weighted by molar-refractivity contribution is 9.11. The molecule has 2 aromatic heterocycles. The van der Waals surface area contributed by atoms with Crippen molar-refractivity contribution < 1.29 is 23.1 Å². The zero-order valence-corrected chi connectivity index (χ0v) is 13.1. The number of rotatable bonds is 2. The zero-order valence-electron chi connectivity index (χ0n) is 10.7. The molecule has 0 aliphatic carbocycles. The van der Waals surface area contributed by atoms with Gasteiger partial charge < -0.3 is 10.1 Å². The van der Waals surface area contributed by atoms with Gasteiger partial charge in [0.2, 0.25) is 0 Å². The van der Waals surface area contributed by atoms with Crippen LogP contribution < -0.4 is 0 Å². The van der Waals surface area contributed by atoms with Crippen molar-refractivity contribution >= 4 is 43.5 Å². The number of hydrogen-bond donors (Lipinski definition) is 2. The Morgan fingerprint density at radius 1 is 1.27 bits per heavy atom. The minimum Gasteiger partial charge on any atom is -0.477 e.